The van der Waals surface area contributed by atoms with Crippen LogP contribution in [0.15, 0.2) is 0 Å². The first-order valence-electron chi connectivity index (χ1n) is 47.1. The van der Waals surface area contributed by atoms with Crippen LogP contribution in [-0.2, 0) is 0 Å². The molecule has 20 aliphatic carbocycles. The van der Waals surface area contributed by atoms with E-state index in [1.807, 2.05) is 0 Å². The summed E-state index contributed by atoms with van der Waals surface area (Å²) in [6.07, 6.45) is 76.3. The summed E-state index contributed by atoms with van der Waals surface area (Å²) in [7, 11) is 0. The summed E-state index contributed by atoms with van der Waals surface area (Å²) in [5, 5.41) is 0. The van der Waals surface area contributed by atoms with E-state index < -0.39 is 12.3 Å². The second-order valence-corrected chi connectivity index (χ2v) is 45.7. The van der Waals surface area contributed by atoms with Crippen LogP contribution in [0.5, 0.6) is 0 Å². The Labute approximate surface area is 623 Å². The molecule has 0 heterocycles. The van der Waals surface area contributed by atoms with Gasteiger partial charge in [0, 0.05) is 4.11 Å². The maximum Gasteiger partial charge on any atom is 0.0236 e. The molecule has 98 heavy (non-hydrogen) atoms. The lowest BCUT2D eigenvalue weighted by Crippen LogP contribution is -2.45. The molecule has 20 rings (SSSR count). The predicted octanol–water partition coefficient (Wildman–Crippen LogP) is 33.2. The average molecular weight is 1370 g/mol. The Balaban J connectivity index is 0.000000159. The number of hydrogen-bond donors (Lipinski definition) is 0. The van der Waals surface area contributed by atoms with Crippen LogP contribution in [0, 0.1) is 143 Å². The smallest absolute Gasteiger partial charge is 0.0236 e. The van der Waals surface area contributed by atoms with Crippen LogP contribution in [0.1, 0.15) is 484 Å². The lowest BCUT2D eigenvalue weighted by atomic mass is 9.49. The molecule has 10 bridgehead atoms. The van der Waals surface area contributed by atoms with Crippen molar-refractivity contribution in [3.63, 3.8) is 0 Å². The van der Waals surface area contributed by atoms with Gasteiger partial charge in [0.05, 0.1) is 0 Å². The lowest BCUT2D eigenvalue weighted by molar-refractivity contribution is -0.0545. The number of hydrogen-bond acceptors (Lipinski definition) is 0. The van der Waals surface area contributed by atoms with E-state index in [4.69, 9.17) is 4.11 Å². The van der Waals surface area contributed by atoms with Gasteiger partial charge in [0.1, 0.15) is 0 Å². The van der Waals surface area contributed by atoms with Crippen LogP contribution in [0.25, 0.3) is 0 Å². The first kappa shape index (κ1) is 80.5. The summed E-state index contributed by atoms with van der Waals surface area (Å²) in [6.45, 7) is 48.7. The van der Waals surface area contributed by atoms with Gasteiger partial charge in [0.15, 0.2) is 0 Å². The van der Waals surface area contributed by atoms with E-state index in [-0.39, 0.29) is 0 Å². The predicted molar refractivity (Wildman–Crippen MR) is 438 cm³/mol. The maximum atomic E-state index is 6.92. The monoisotopic (exact) mass is 1360 g/mol. The molecule has 0 heteroatoms. The highest BCUT2D eigenvalue weighted by Gasteiger charge is 2.51. The molecule has 0 aromatic rings. The van der Waals surface area contributed by atoms with Crippen molar-refractivity contribution in [1.29, 1.82) is 0 Å². The van der Waals surface area contributed by atoms with E-state index in [1.54, 1.807) is 111 Å². The van der Waals surface area contributed by atoms with Gasteiger partial charge in [-0.1, -0.05) is 255 Å². The second-order valence-electron chi connectivity index (χ2n) is 45.7. The zero-order valence-corrected chi connectivity index (χ0v) is 71.5. The molecule has 576 valence electrons. The highest BCUT2D eigenvalue weighted by Crippen LogP contribution is 2.62. The molecule has 0 nitrogen and oxygen atoms in total. The van der Waals surface area contributed by atoms with Gasteiger partial charge in [-0.05, 0) is 368 Å². The Morgan fingerprint density at radius 3 is 0.939 bits per heavy atom. The topological polar surface area (TPSA) is 0 Å². The summed E-state index contributed by atoms with van der Waals surface area (Å²) < 4.78 is 20.8. The summed E-state index contributed by atoms with van der Waals surface area (Å²) in [5.74, 6) is 16.0. The Morgan fingerprint density at radius 2 is 0.673 bits per heavy atom. The van der Waals surface area contributed by atoms with Gasteiger partial charge in [-0.15, -0.1) is 0 Å². The standard InChI is InChI=1S/C14H26.C12H20.C12H22.2C11H20.2C10H18.C8H16.2C5H12/c1-12-4-6-14(7-5-12)10-8-13(2,3)9-11-14;1-2-12-6-9-3-10(7-12)5-11(4-9)8-12;1-11-5-9-12(10-6-11)7-3-2-4-8-12;1-8-9-4-6-10(7-5-9)11(8,2)3;1-10-4-8-11(9-5-10)6-2-3-7-11;1-8-7-9-3-5-10(8,2)6-4-9;1-7-8(2)10-5-3-9(7)4-6-10;1-3-8(2)6-4-5-7-8;2*1-5(2,3)4/h12H,4-11H2,1-3H3;9-11H,2-8H2,1H3;11H,2-10H2,1H3;8-10H,4-7H2,1-3H3;10H,2-9H2,1H3;8-9H,3-7H2,1-2H3;7-10H,3-6H2,1-2H3;3-7H2,1-2H3;2*1-4H3/t;;;8-,9?,10?;;8-,9?,10?;7-,8?,9?,10?;;;/m...1.00.../s1/i;;;;;;;;1D3;. The number of rotatable bonds is 2. The van der Waals surface area contributed by atoms with E-state index in [2.05, 4.69) is 132 Å². The Morgan fingerprint density at radius 1 is 0.337 bits per heavy atom. The number of fused-ring (bicyclic) bond motifs is 9. The summed E-state index contributed by atoms with van der Waals surface area (Å²) in [4.78, 5) is 0. The molecule has 4 atom stereocenters. The Hall–Kier alpha value is 0. The minimum atomic E-state index is -1.81. The van der Waals surface area contributed by atoms with Crippen molar-refractivity contribution >= 4 is 0 Å². The first-order valence-corrected chi connectivity index (χ1v) is 45.6. The van der Waals surface area contributed by atoms with Gasteiger partial charge >= 0.3 is 0 Å². The molecule has 0 amide bonds. The van der Waals surface area contributed by atoms with Crippen molar-refractivity contribution in [2.75, 3.05) is 0 Å². The minimum absolute atomic E-state index is 0.500. The highest BCUT2D eigenvalue weighted by molar-refractivity contribution is 5.02. The normalized spacial score (nSPS) is 39.5. The lowest BCUT2D eigenvalue weighted by Gasteiger charge is -2.56. The maximum absolute atomic E-state index is 6.92. The second kappa shape index (κ2) is 37.2. The zero-order chi connectivity index (χ0) is 74.5. The fraction of sp³-hybridized carbons (Fsp3) is 1.00. The van der Waals surface area contributed by atoms with E-state index >= 15 is 0 Å². The van der Waals surface area contributed by atoms with Crippen LogP contribution in [0.3, 0.4) is 0 Å². The van der Waals surface area contributed by atoms with Gasteiger partial charge in [-0.2, -0.15) is 0 Å². The van der Waals surface area contributed by atoms with Crippen molar-refractivity contribution in [1.82, 2.24) is 0 Å². The Bertz CT molecular complexity index is 2170. The molecular weight excluding hydrogens is 1180 g/mol. The molecule has 20 aliphatic rings. The van der Waals surface area contributed by atoms with E-state index in [9.17, 15) is 0 Å². The van der Waals surface area contributed by atoms with Crippen LogP contribution in [-0.4, -0.2) is 0 Å². The summed E-state index contributed by atoms with van der Waals surface area (Å²) in [5.41, 5.74) is 6.05. The van der Waals surface area contributed by atoms with Gasteiger partial charge in [-0.25, -0.2) is 0 Å². The summed E-state index contributed by atoms with van der Waals surface area (Å²) >= 11 is 0. The van der Waals surface area contributed by atoms with Crippen LogP contribution >= 0.6 is 0 Å². The summed E-state index contributed by atoms with van der Waals surface area (Å²) in [6, 6.07) is 0. The van der Waals surface area contributed by atoms with Crippen molar-refractivity contribution in [2.45, 2.75) is 480 Å². The third-order valence-electron chi connectivity index (χ3n) is 33.8. The zero-order valence-electron chi connectivity index (χ0n) is 74.5. The Kier molecular flexibility index (Phi) is 30.6. The molecular formula is C98H184. The van der Waals surface area contributed by atoms with Crippen molar-refractivity contribution in [3.05, 3.63) is 0 Å². The van der Waals surface area contributed by atoms with Gasteiger partial charge in [0.25, 0.3) is 0 Å². The van der Waals surface area contributed by atoms with Crippen LogP contribution in [0.2, 0.25) is 0 Å². The third kappa shape index (κ3) is 26.4. The van der Waals surface area contributed by atoms with Gasteiger partial charge in [0.2, 0.25) is 0 Å². The highest BCUT2D eigenvalue weighted by atomic mass is 14.6. The van der Waals surface area contributed by atoms with Gasteiger partial charge in [-0.3, -0.25) is 0 Å². The van der Waals surface area contributed by atoms with Crippen LogP contribution < -0.4 is 0 Å². The average Bonchev–Trinajstić information content (AvgIpc) is 1.30. The minimum Gasteiger partial charge on any atom is -0.0649 e. The third-order valence-corrected chi connectivity index (χ3v) is 33.8. The van der Waals surface area contributed by atoms with Gasteiger partial charge < -0.3 is 0 Å². The fourth-order valence-corrected chi connectivity index (χ4v) is 25.1. The molecule has 3 spiro atoms. The quantitative estimate of drug-likeness (QED) is 0.259. The van der Waals surface area contributed by atoms with E-state index in [0.29, 0.717) is 16.2 Å². The van der Waals surface area contributed by atoms with E-state index in [1.165, 1.54) is 231 Å². The van der Waals surface area contributed by atoms with Crippen molar-refractivity contribution in [3.8, 4) is 0 Å². The van der Waals surface area contributed by atoms with Crippen molar-refractivity contribution < 1.29 is 4.11 Å². The largest absolute Gasteiger partial charge is 0.0649 e. The first-order chi connectivity index (χ1) is 47.1. The molecule has 20 saturated carbocycles. The molecule has 0 aliphatic heterocycles. The molecule has 20 fully saturated rings. The molecule has 0 aromatic carbocycles. The molecule has 0 aromatic heterocycles. The fourth-order valence-electron chi connectivity index (χ4n) is 25.1. The van der Waals surface area contributed by atoms with E-state index in [0.717, 1.165) is 121 Å². The SMILES string of the molecule is CC(C)(C)C.CC1C2CCC(CC2)[C@H]1C.CC1CCC2(CC1)CCC(C)(C)CC2.CC1CCC2(CCCC2)CC1.CC1CCC2(CCCCC2)CC1.CCC1(C)CCCC1.CCC12CC3CC(CC(C3)C1)C2.C[C@@H]1C2CCC(CC2)C1(C)C.C[C@H]1CC2CCC1(C)CC2.[2H]C([2H])([2H])C(C)(C)C. The van der Waals surface area contributed by atoms with Crippen LogP contribution in [0.4, 0.5) is 0 Å². The molecule has 1 unspecified atom stereocenters. The van der Waals surface area contributed by atoms with Crippen molar-refractivity contribution in [2.24, 2.45) is 143 Å². The molecule has 0 saturated heterocycles. The molecule has 0 radical (unpaired) electrons. The molecule has 0 N–H and O–H groups in total.